The summed E-state index contributed by atoms with van der Waals surface area (Å²) in [4.78, 5) is 38.2. The van der Waals surface area contributed by atoms with Crippen LogP contribution in [-0.2, 0) is 16.1 Å². The maximum absolute atomic E-state index is 13.0. The van der Waals surface area contributed by atoms with Crippen molar-refractivity contribution in [1.82, 2.24) is 15.5 Å². The van der Waals surface area contributed by atoms with Crippen molar-refractivity contribution in [3.05, 3.63) is 34.9 Å². The number of nitrogens with one attached hydrogen (secondary N) is 2. The molecular weight excluding hydrogens is 306 g/mol. The molecule has 24 heavy (non-hydrogen) atoms. The first-order chi connectivity index (χ1) is 11.6. The van der Waals surface area contributed by atoms with Crippen LogP contribution in [0, 0.1) is 0 Å². The van der Waals surface area contributed by atoms with E-state index in [-0.39, 0.29) is 24.1 Å². The Labute approximate surface area is 140 Å². The highest BCUT2D eigenvalue weighted by Crippen LogP contribution is 2.35. The predicted octanol–water partition coefficient (Wildman–Crippen LogP) is 0.915. The molecule has 0 spiro atoms. The van der Waals surface area contributed by atoms with Crippen LogP contribution in [-0.4, -0.2) is 41.8 Å². The molecule has 1 aromatic carbocycles. The molecule has 1 unspecified atom stereocenters. The minimum absolute atomic E-state index is 0.0615. The molecule has 0 aromatic heterocycles. The lowest BCUT2D eigenvalue weighted by Crippen LogP contribution is -2.52. The quantitative estimate of drug-likeness (QED) is 0.792. The SMILES string of the molecule is O=C1CCC(N2Cc3cccc(C4CCNCC4)c3C2=O)C(=O)N1. The monoisotopic (exact) mass is 327 g/mol. The van der Waals surface area contributed by atoms with E-state index in [0.717, 1.165) is 42.6 Å². The Bertz CT molecular complexity index is 709. The number of amides is 3. The summed E-state index contributed by atoms with van der Waals surface area (Å²) >= 11 is 0. The number of hydrogen-bond donors (Lipinski definition) is 2. The van der Waals surface area contributed by atoms with Gasteiger partial charge in [0.05, 0.1) is 0 Å². The molecule has 126 valence electrons. The summed E-state index contributed by atoms with van der Waals surface area (Å²) < 4.78 is 0. The second-order valence-electron chi connectivity index (χ2n) is 6.81. The highest BCUT2D eigenvalue weighted by molar-refractivity contribution is 6.06. The summed E-state index contributed by atoms with van der Waals surface area (Å²) in [6.07, 6.45) is 2.76. The Morgan fingerprint density at radius 3 is 2.58 bits per heavy atom. The van der Waals surface area contributed by atoms with Crippen LogP contribution in [0.25, 0.3) is 0 Å². The van der Waals surface area contributed by atoms with E-state index in [0.29, 0.717) is 18.9 Å². The van der Waals surface area contributed by atoms with E-state index in [9.17, 15) is 14.4 Å². The van der Waals surface area contributed by atoms with Crippen LogP contribution < -0.4 is 10.6 Å². The molecule has 0 bridgehead atoms. The average Bonchev–Trinajstić information content (AvgIpc) is 2.93. The number of carbonyl (C=O) groups is 3. The molecule has 3 aliphatic heterocycles. The summed E-state index contributed by atoms with van der Waals surface area (Å²) in [6, 6.07) is 5.51. The molecule has 2 N–H and O–H groups in total. The highest BCUT2D eigenvalue weighted by atomic mass is 16.2. The van der Waals surface area contributed by atoms with Gasteiger partial charge >= 0.3 is 0 Å². The van der Waals surface area contributed by atoms with Gasteiger partial charge in [0.25, 0.3) is 5.91 Å². The van der Waals surface area contributed by atoms with Gasteiger partial charge in [-0.2, -0.15) is 0 Å². The molecule has 3 amide bonds. The predicted molar refractivity (Wildman–Crippen MR) is 87.3 cm³/mol. The van der Waals surface area contributed by atoms with E-state index in [1.165, 1.54) is 0 Å². The van der Waals surface area contributed by atoms with Crippen LogP contribution in [0.3, 0.4) is 0 Å². The molecule has 0 aliphatic carbocycles. The van der Waals surface area contributed by atoms with Crippen molar-refractivity contribution in [2.24, 2.45) is 0 Å². The Hall–Kier alpha value is -2.21. The number of carbonyl (C=O) groups excluding carboxylic acids is 3. The number of imide groups is 1. The lowest BCUT2D eigenvalue weighted by molar-refractivity contribution is -0.136. The van der Waals surface area contributed by atoms with Crippen LogP contribution in [0.15, 0.2) is 18.2 Å². The smallest absolute Gasteiger partial charge is 0.255 e. The van der Waals surface area contributed by atoms with E-state index in [2.05, 4.69) is 16.7 Å². The van der Waals surface area contributed by atoms with Crippen molar-refractivity contribution in [2.45, 2.75) is 44.2 Å². The standard InChI is InChI=1S/C18H21N3O3/c22-15-5-4-14(17(23)20-15)21-10-12-2-1-3-13(16(12)18(21)24)11-6-8-19-9-7-11/h1-3,11,14,19H,4-10H2,(H,20,22,23). The Kier molecular flexibility index (Phi) is 3.84. The highest BCUT2D eigenvalue weighted by Gasteiger charge is 2.40. The number of hydrogen-bond acceptors (Lipinski definition) is 4. The van der Waals surface area contributed by atoms with Gasteiger partial charge in [0.1, 0.15) is 6.04 Å². The van der Waals surface area contributed by atoms with Crippen LogP contribution in [0.1, 0.15) is 53.1 Å². The summed E-state index contributed by atoms with van der Waals surface area (Å²) in [7, 11) is 0. The van der Waals surface area contributed by atoms with Crippen molar-refractivity contribution in [1.29, 1.82) is 0 Å². The molecule has 2 fully saturated rings. The van der Waals surface area contributed by atoms with Gasteiger partial charge in [0.15, 0.2) is 0 Å². The van der Waals surface area contributed by atoms with Crippen molar-refractivity contribution in [3.8, 4) is 0 Å². The fourth-order valence-corrected chi connectivity index (χ4v) is 4.12. The van der Waals surface area contributed by atoms with Gasteiger partial charge in [-0.15, -0.1) is 0 Å². The maximum Gasteiger partial charge on any atom is 0.255 e. The molecule has 1 aromatic rings. The van der Waals surface area contributed by atoms with Crippen molar-refractivity contribution >= 4 is 17.7 Å². The van der Waals surface area contributed by atoms with E-state index < -0.39 is 6.04 Å². The minimum atomic E-state index is -0.538. The number of piperidine rings is 2. The van der Waals surface area contributed by atoms with Crippen molar-refractivity contribution < 1.29 is 14.4 Å². The van der Waals surface area contributed by atoms with Gasteiger partial charge in [-0.3, -0.25) is 19.7 Å². The van der Waals surface area contributed by atoms with Gasteiger partial charge in [0.2, 0.25) is 11.8 Å². The van der Waals surface area contributed by atoms with Gasteiger partial charge < -0.3 is 10.2 Å². The van der Waals surface area contributed by atoms with Crippen molar-refractivity contribution in [2.75, 3.05) is 13.1 Å². The van der Waals surface area contributed by atoms with Crippen LogP contribution >= 0.6 is 0 Å². The van der Waals surface area contributed by atoms with E-state index >= 15 is 0 Å². The summed E-state index contributed by atoms with van der Waals surface area (Å²) in [5.41, 5.74) is 2.91. The van der Waals surface area contributed by atoms with Gasteiger partial charge in [-0.1, -0.05) is 18.2 Å². The van der Waals surface area contributed by atoms with Crippen LogP contribution in [0.2, 0.25) is 0 Å². The Morgan fingerprint density at radius 1 is 1.04 bits per heavy atom. The Morgan fingerprint density at radius 2 is 1.83 bits per heavy atom. The fraction of sp³-hybridized carbons (Fsp3) is 0.500. The first-order valence-corrected chi connectivity index (χ1v) is 8.62. The largest absolute Gasteiger partial charge is 0.322 e. The topological polar surface area (TPSA) is 78.5 Å². The number of nitrogens with zero attached hydrogens (tertiary/aromatic N) is 1. The normalized spacial score (nSPS) is 24.9. The molecule has 0 radical (unpaired) electrons. The molecule has 1 atom stereocenters. The lowest BCUT2D eigenvalue weighted by atomic mass is 9.86. The average molecular weight is 327 g/mol. The molecular formula is C18H21N3O3. The second-order valence-corrected chi connectivity index (χ2v) is 6.81. The molecule has 0 saturated carbocycles. The van der Waals surface area contributed by atoms with Crippen molar-refractivity contribution in [3.63, 3.8) is 0 Å². The lowest BCUT2D eigenvalue weighted by Gasteiger charge is -2.29. The zero-order valence-electron chi connectivity index (χ0n) is 13.5. The van der Waals surface area contributed by atoms with Gasteiger partial charge in [0, 0.05) is 18.5 Å². The third-order valence-electron chi connectivity index (χ3n) is 5.36. The maximum atomic E-state index is 13.0. The summed E-state index contributed by atoms with van der Waals surface area (Å²) in [5.74, 6) is -0.271. The second kappa shape index (κ2) is 6.02. The van der Waals surface area contributed by atoms with Gasteiger partial charge in [-0.25, -0.2) is 0 Å². The zero-order chi connectivity index (χ0) is 16.7. The Balaban J connectivity index is 1.63. The first kappa shape index (κ1) is 15.3. The molecule has 4 rings (SSSR count). The third kappa shape index (κ3) is 2.51. The van der Waals surface area contributed by atoms with E-state index in [4.69, 9.17) is 0 Å². The van der Waals surface area contributed by atoms with Crippen LogP contribution in [0.5, 0.6) is 0 Å². The molecule has 6 nitrogen and oxygen atoms in total. The molecule has 6 heteroatoms. The summed E-state index contributed by atoms with van der Waals surface area (Å²) in [5, 5.41) is 5.71. The molecule has 3 aliphatic rings. The summed E-state index contributed by atoms with van der Waals surface area (Å²) in [6.45, 7) is 2.40. The first-order valence-electron chi connectivity index (χ1n) is 8.62. The van der Waals surface area contributed by atoms with Crippen LogP contribution in [0.4, 0.5) is 0 Å². The van der Waals surface area contributed by atoms with E-state index in [1.807, 2.05) is 12.1 Å². The number of fused-ring (bicyclic) bond motifs is 1. The number of benzene rings is 1. The van der Waals surface area contributed by atoms with E-state index in [1.54, 1.807) is 4.90 Å². The zero-order valence-corrected chi connectivity index (χ0v) is 13.5. The van der Waals surface area contributed by atoms with Gasteiger partial charge in [-0.05, 0) is 49.4 Å². The third-order valence-corrected chi connectivity index (χ3v) is 5.36. The fourth-order valence-electron chi connectivity index (χ4n) is 4.12. The molecule has 2 saturated heterocycles. The minimum Gasteiger partial charge on any atom is -0.322 e. The molecule has 3 heterocycles. The number of rotatable bonds is 2.